The molecule has 27 heavy (non-hydrogen) atoms. The monoisotopic (exact) mass is 364 g/mol. The molecule has 4 heteroatoms. The van der Waals surface area contributed by atoms with Gasteiger partial charge in [-0.25, -0.2) is 0 Å². The molecule has 2 aromatic carbocycles. The standard InChI is InChI=1S/C23H28N2O2/c1-23(2,3)25-15-16-27-22-10-5-4-8-19(22)21(26)12-11-17-7-6-9-20-18(17)13-14-24-20/h4-14,21,24-26H,15-16H2,1-3H3/b12-11+. The maximum atomic E-state index is 10.7. The number of para-hydroxylation sites is 1. The summed E-state index contributed by atoms with van der Waals surface area (Å²) < 4.78 is 5.90. The molecular weight excluding hydrogens is 336 g/mol. The molecule has 1 unspecified atom stereocenters. The molecule has 0 saturated carbocycles. The number of fused-ring (bicyclic) bond motifs is 1. The van der Waals surface area contributed by atoms with E-state index in [9.17, 15) is 5.11 Å². The summed E-state index contributed by atoms with van der Waals surface area (Å²) >= 11 is 0. The highest BCUT2D eigenvalue weighted by atomic mass is 16.5. The summed E-state index contributed by atoms with van der Waals surface area (Å²) in [6.07, 6.45) is 4.95. The maximum absolute atomic E-state index is 10.7. The normalized spacial score (nSPS) is 13.3. The van der Waals surface area contributed by atoms with Gasteiger partial charge in [0.05, 0.1) is 0 Å². The number of aliphatic hydroxyl groups excluding tert-OH is 1. The van der Waals surface area contributed by atoms with Crippen molar-refractivity contribution >= 4 is 17.0 Å². The van der Waals surface area contributed by atoms with Crippen LogP contribution in [0.5, 0.6) is 5.75 Å². The van der Waals surface area contributed by atoms with Gasteiger partial charge in [0, 0.05) is 34.7 Å². The molecule has 0 aliphatic rings. The SMILES string of the molecule is CC(C)(C)NCCOc1ccccc1C(O)/C=C/c1cccc2[nH]ccc12. The van der Waals surface area contributed by atoms with E-state index in [1.807, 2.05) is 60.8 Å². The highest BCUT2D eigenvalue weighted by molar-refractivity contribution is 5.88. The van der Waals surface area contributed by atoms with Crippen LogP contribution < -0.4 is 10.1 Å². The molecule has 0 aliphatic heterocycles. The van der Waals surface area contributed by atoms with Crippen LogP contribution in [0.25, 0.3) is 17.0 Å². The van der Waals surface area contributed by atoms with E-state index in [1.165, 1.54) is 0 Å². The third-order valence-corrected chi connectivity index (χ3v) is 4.34. The fraction of sp³-hybridized carbons (Fsp3) is 0.304. The van der Waals surface area contributed by atoms with Crippen molar-refractivity contribution in [3.8, 4) is 5.75 Å². The topological polar surface area (TPSA) is 57.3 Å². The number of ether oxygens (including phenoxy) is 1. The number of benzene rings is 2. The zero-order chi connectivity index (χ0) is 19.3. The molecule has 0 radical (unpaired) electrons. The molecule has 0 fully saturated rings. The Morgan fingerprint density at radius 2 is 1.93 bits per heavy atom. The Balaban J connectivity index is 1.69. The number of hydrogen-bond donors (Lipinski definition) is 3. The van der Waals surface area contributed by atoms with Crippen molar-refractivity contribution in [3.05, 3.63) is 71.9 Å². The average Bonchev–Trinajstić information content (AvgIpc) is 3.12. The number of nitrogens with one attached hydrogen (secondary N) is 2. The number of aromatic amines is 1. The number of H-pyrrole nitrogens is 1. The van der Waals surface area contributed by atoms with Crippen LogP contribution in [0.15, 0.2) is 60.8 Å². The fourth-order valence-corrected chi connectivity index (χ4v) is 3.00. The van der Waals surface area contributed by atoms with Gasteiger partial charge in [-0.05, 0) is 44.5 Å². The number of aromatic nitrogens is 1. The first-order chi connectivity index (χ1) is 12.9. The first-order valence-electron chi connectivity index (χ1n) is 9.33. The molecule has 0 saturated heterocycles. The first-order valence-corrected chi connectivity index (χ1v) is 9.33. The Labute approximate surface area is 160 Å². The molecule has 3 N–H and O–H groups in total. The van der Waals surface area contributed by atoms with Gasteiger partial charge in [-0.15, -0.1) is 0 Å². The summed E-state index contributed by atoms with van der Waals surface area (Å²) in [7, 11) is 0. The van der Waals surface area contributed by atoms with Crippen LogP contribution in [0.2, 0.25) is 0 Å². The minimum atomic E-state index is -0.731. The lowest BCUT2D eigenvalue weighted by Crippen LogP contribution is -2.38. The molecule has 0 amide bonds. The van der Waals surface area contributed by atoms with Crippen molar-refractivity contribution in [2.24, 2.45) is 0 Å². The van der Waals surface area contributed by atoms with Gasteiger partial charge in [0.1, 0.15) is 18.5 Å². The predicted molar refractivity (Wildman–Crippen MR) is 112 cm³/mol. The van der Waals surface area contributed by atoms with E-state index in [4.69, 9.17) is 4.74 Å². The van der Waals surface area contributed by atoms with Gasteiger partial charge in [0.15, 0.2) is 0 Å². The van der Waals surface area contributed by atoms with Crippen LogP contribution in [-0.4, -0.2) is 28.8 Å². The lowest BCUT2D eigenvalue weighted by molar-refractivity contribution is 0.217. The zero-order valence-electron chi connectivity index (χ0n) is 16.2. The molecule has 0 aliphatic carbocycles. The summed E-state index contributed by atoms with van der Waals surface area (Å²) in [6.45, 7) is 7.67. The summed E-state index contributed by atoms with van der Waals surface area (Å²) in [5, 5.41) is 15.2. The van der Waals surface area contributed by atoms with Gasteiger partial charge < -0.3 is 20.1 Å². The fourth-order valence-electron chi connectivity index (χ4n) is 3.00. The molecule has 1 heterocycles. The lowest BCUT2D eigenvalue weighted by atomic mass is 10.0. The first kappa shape index (κ1) is 19.2. The molecule has 3 aromatic rings. The van der Waals surface area contributed by atoms with E-state index in [-0.39, 0.29) is 5.54 Å². The van der Waals surface area contributed by atoms with Crippen molar-refractivity contribution in [3.63, 3.8) is 0 Å². The molecule has 1 atom stereocenters. The van der Waals surface area contributed by atoms with Crippen molar-refractivity contribution in [2.45, 2.75) is 32.4 Å². The zero-order valence-corrected chi connectivity index (χ0v) is 16.2. The van der Waals surface area contributed by atoms with E-state index in [2.05, 4.69) is 31.1 Å². The summed E-state index contributed by atoms with van der Waals surface area (Å²) in [5.41, 5.74) is 2.98. The minimum Gasteiger partial charge on any atom is -0.492 e. The molecule has 142 valence electrons. The Hall–Kier alpha value is -2.56. The van der Waals surface area contributed by atoms with Gasteiger partial charge in [-0.2, -0.15) is 0 Å². The van der Waals surface area contributed by atoms with Gasteiger partial charge in [0.25, 0.3) is 0 Å². The molecule has 0 bridgehead atoms. The van der Waals surface area contributed by atoms with Crippen LogP contribution in [0.3, 0.4) is 0 Å². The lowest BCUT2D eigenvalue weighted by Gasteiger charge is -2.21. The Morgan fingerprint density at radius 1 is 1.11 bits per heavy atom. The average molecular weight is 364 g/mol. The smallest absolute Gasteiger partial charge is 0.125 e. The van der Waals surface area contributed by atoms with Crippen LogP contribution in [0.1, 0.15) is 38.0 Å². The van der Waals surface area contributed by atoms with Gasteiger partial charge in [-0.1, -0.05) is 42.5 Å². The summed E-state index contributed by atoms with van der Waals surface area (Å²) in [4.78, 5) is 3.21. The van der Waals surface area contributed by atoms with Crippen molar-refractivity contribution in [2.75, 3.05) is 13.2 Å². The number of hydrogen-bond acceptors (Lipinski definition) is 3. The molecule has 0 spiro atoms. The van der Waals surface area contributed by atoms with Gasteiger partial charge >= 0.3 is 0 Å². The van der Waals surface area contributed by atoms with Crippen molar-refractivity contribution in [1.29, 1.82) is 0 Å². The van der Waals surface area contributed by atoms with Crippen LogP contribution >= 0.6 is 0 Å². The highest BCUT2D eigenvalue weighted by Crippen LogP contribution is 2.27. The summed E-state index contributed by atoms with van der Waals surface area (Å²) in [5.74, 6) is 0.713. The molecule has 4 nitrogen and oxygen atoms in total. The van der Waals surface area contributed by atoms with Gasteiger partial charge in [0.2, 0.25) is 0 Å². The van der Waals surface area contributed by atoms with E-state index in [0.717, 1.165) is 28.6 Å². The second-order valence-electron chi connectivity index (χ2n) is 7.65. The third-order valence-electron chi connectivity index (χ3n) is 4.34. The summed E-state index contributed by atoms with van der Waals surface area (Å²) in [6, 6.07) is 15.8. The molecule has 3 rings (SSSR count). The largest absolute Gasteiger partial charge is 0.492 e. The van der Waals surface area contributed by atoms with Crippen LogP contribution in [0, 0.1) is 0 Å². The second kappa shape index (κ2) is 8.42. The number of aliphatic hydroxyl groups is 1. The van der Waals surface area contributed by atoms with Crippen LogP contribution in [-0.2, 0) is 0 Å². The van der Waals surface area contributed by atoms with Crippen LogP contribution in [0.4, 0.5) is 0 Å². The maximum Gasteiger partial charge on any atom is 0.125 e. The second-order valence-corrected chi connectivity index (χ2v) is 7.65. The van der Waals surface area contributed by atoms with E-state index >= 15 is 0 Å². The Bertz CT molecular complexity index is 906. The van der Waals surface area contributed by atoms with E-state index < -0.39 is 6.10 Å². The van der Waals surface area contributed by atoms with E-state index in [1.54, 1.807) is 6.08 Å². The quantitative estimate of drug-likeness (QED) is 0.534. The molecule has 1 aromatic heterocycles. The third kappa shape index (κ3) is 5.22. The Morgan fingerprint density at radius 3 is 2.74 bits per heavy atom. The minimum absolute atomic E-state index is 0.0599. The van der Waals surface area contributed by atoms with E-state index in [0.29, 0.717) is 12.4 Å². The highest BCUT2D eigenvalue weighted by Gasteiger charge is 2.12. The van der Waals surface area contributed by atoms with Gasteiger partial charge in [-0.3, -0.25) is 0 Å². The molecular formula is C23H28N2O2. The van der Waals surface area contributed by atoms with Crippen molar-refractivity contribution < 1.29 is 9.84 Å². The van der Waals surface area contributed by atoms with Crippen molar-refractivity contribution in [1.82, 2.24) is 10.3 Å². The predicted octanol–water partition coefficient (Wildman–Crippen LogP) is 4.68. The number of rotatable bonds is 7. The Kier molecular flexibility index (Phi) is 5.99.